The van der Waals surface area contributed by atoms with Crippen LogP contribution in [0.2, 0.25) is 5.02 Å². The average Bonchev–Trinajstić information content (AvgIpc) is 2.28. The van der Waals surface area contributed by atoms with Crippen LogP contribution in [0.1, 0.15) is 20.8 Å². The normalized spacial score (nSPS) is 24.7. The molecule has 1 aromatic carbocycles. The maximum Gasteiger partial charge on any atom is 0.0506 e. The lowest BCUT2D eigenvalue weighted by Gasteiger charge is -2.43. The van der Waals surface area contributed by atoms with Crippen molar-refractivity contribution in [1.29, 1.82) is 0 Å². The quantitative estimate of drug-likeness (QED) is 0.788. The molecule has 1 saturated heterocycles. The van der Waals surface area contributed by atoms with Crippen LogP contribution >= 0.6 is 34.2 Å². The summed E-state index contributed by atoms with van der Waals surface area (Å²) in [6, 6.07) is 7.27. The van der Waals surface area contributed by atoms with Crippen molar-refractivity contribution >= 4 is 39.9 Å². The molecule has 0 aliphatic carbocycles. The number of rotatable bonds is 2. The first-order valence-electron chi connectivity index (χ1n) is 6.44. The van der Waals surface area contributed by atoms with Crippen molar-refractivity contribution in [2.45, 2.75) is 32.9 Å². The maximum atomic E-state index is 6.05. The van der Waals surface area contributed by atoms with E-state index >= 15 is 0 Å². The molecule has 1 heterocycles. The van der Waals surface area contributed by atoms with Crippen molar-refractivity contribution in [2.75, 3.05) is 18.0 Å². The SMILES string of the molecule is CC1CN(c2ccc(Cl)cc2I)C(C(C)C)CN1. The molecule has 0 radical (unpaired) electrons. The van der Waals surface area contributed by atoms with Gasteiger partial charge in [-0.3, -0.25) is 0 Å². The van der Waals surface area contributed by atoms with Crippen molar-refractivity contribution in [1.82, 2.24) is 5.32 Å². The average molecular weight is 379 g/mol. The van der Waals surface area contributed by atoms with E-state index < -0.39 is 0 Å². The number of halogens is 2. The molecule has 0 spiro atoms. The molecule has 18 heavy (non-hydrogen) atoms. The van der Waals surface area contributed by atoms with Crippen molar-refractivity contribution in [2.24, 2.45) is 5.92 Å². The van der Waals surface area contributed by atoms with Crippen LogP contribution in [0.15, 0.2) is 18.2 Å². The van der Waals surface area contributed by atoms with Crippen LogP contribution in [-0.4, -0.2) is 25.2 Å². The monoisotopic (exact) mass is 378 g/mol. The van der Waals surface area contributed by atoms with E-state index in [0.717, 1.165) is 18.1 Å². The lowest BCUT2D eigenvalue weighted by atomic mass is 9.98. The molecule has 1 aliphatic heterocycles. The Labute approximate surface area is 128 Å². The minimum Gasteiger partial charge on any atom is -0.365 e. The largest absolute Gasteiger partial charge is 0.365 e. The molecule has 1 aliphatic rings. The fourth-order valence-corrected chi connectivity index (χ4v) is 3.70. The van der Waals surface area contributed by atoms with E-state index in [2.05, 4.69) is 59.6 Å². The van der Waals surface area contributed by atoms with Crippen LogP contribution in [0.5, 0.6) is 0 Å². The van der Waals surface area contributed by atoms with E-state index in [1.54, 1.807) is 0 Å². The molecular weight excluding hydrogens is 359 g/mol. The molecule has 2 rings (SSSR count). The lowest BCUT2D eigenvalue weighted by molar-refractivity contribution is 0.349. The Kier molecular flexibility index (Phi) is 4.78. The second-order valence-corrected chi connectivity index (χ2v) is 6.97. The zero-order valence-electron chi connectivity index (χ0n) is 11.1. The topological polar surface area (TPSA) is 15.3 Å². The number of anilines is 1. The van der Waals surface area contributed by atoms with Gasteiger partial charge in [0, 0.05) is 33.8 Å². The maximum absolute atomic E-state index is 6.05. The summed E-state index contributed by atoms with van der Waals surface area (Å²) in [5.74, 6) is 0.636. The van der Waals surface area contributed by atoms with Crippen LogP contribution in [-0.2, 0) is 0 Å². The van der Waals surface area contributed by atoms with Gasteiger partial charge in [0.1, 0.15) is 0 Å². The van der Waals surface area contributed by atoms with Gasteiger partial charge in [0.05, 0.1) is 5.69 Å². The molecule has 2 atom stereocenters. The number of hydrogen-bond acceptors (Lipinski definition) is 2. The highest BCUT2D eigenvalue weighted by Crippen LogP contribution is 2.30. The summed E-state index contributed by atoms with van der Waals surface area (Å²) in [4.78, 5) is 2.53. The van der Waals surface area contributed by atoms with Gasteiger partial charge in [-0.2, -0.15) is 0 Å². The van der Waals surface area contributed by atoms with E-state index in [0.29, 0.717) is 18.0 Å². The van der Waals surface area contributed by atoms with Crippen LogP contribution in [0.4, 0.5) is 5.69 Å². The number of piperazine rings is 1. The molecule has 0 amide bonds. The summed E-state index contributed by atoms with van der Waals surface area (Å²) in [7, 11) is 0. The van der Waals surface area contributed by atoms with E-state index in [1.165, 1.54) is 9.26 Å². The molecule has 4 heteroatoms. The zero-order chi connectivity index (χ0) is 13.3. The summed E-state index contributed by atoms with van der Waals surface area (Å²) in [6.45, 7) is 8.93. The number of nitrogens with one attached hydrogen (secondary N) is 1. The van der Waals surface area contributed by atoms with Crippen LogP contribution in [0, 0.1) is 9.49 Å². The van der Waals surface area contributed by atoms with Gasteiger partial charge >= 0.3 is 0 Å². The van der Waals surface area contributed by atoms with Crippen LogP contribution in [0.25, 0.3) is 0 Å². The summed E-state index contributed by atoms with van der Waals surface area (Å²) < 4.78 is 1.24. The molecule has 0 saturated carbocycles. The lowest BCUT2D eigenvalue weighted by Crippen LogP contribution is -2.57. The van der Waals surface area contributed by atoms with Gasteiger partial charge in [-0.25, -0.2) is 0 Å². The van der Waals surface area contributed by atoms with Crippen molar-refractivity contribution < 1.29 is 0 Å². The Morgan fingerprint density at radius 1 is 1.44 bits per heavy atom. The number of nitrogens with zero attached hydrogens (tertiary/aromatic N) is 1. The van der Waals surface area contributed by atoms with Crippen LogP contribution < -0.4 is 10.2 Å². The smallest absolute Gasteiger partial charge is 0.0506 e. The van der Waals surface area contributed by atoms with E-state index in [-0.39, 0.29) is 0 Å². The van der Waals surface area contributed by atoms with Crippen molar-refractivity contribution in [3.63, 3.8) is 0 Å². The fraction of sp³-hybridized carbons (Fsp3) is 0.571. The molecular formula is C14H20ClIN2. The molecule has 100 valence electrons. The first-order chi connectivity index (χ1) is 8.49. The van der Waals surface area contributed by atoms with Gasteiger partial charge in [-0.15, -0.1) is 0 Å². The Balaban J connectivity index is 2.32. The Bertz CT molecular complexity index is 422. The number of benzene rings is 1. The predicted octanol–water partition coefficient (Wildman–Crippen LogP) is 3.77. The van der Waals surface area contributed by atoms with Crippen LogP contribution in [0.3, 0.4) is 0 Å². The summed E-state index contributed by atoms with van der Waals surface area (Å²) >= 11 is 8.43. The molecule has 2 nitrogen and oxygen atoms in total. The predicted molar refractivity (Wildman–Crippen MR) is 87.6 cm³/mol. The second kappa shape index (κ2) is 5.97. The van der Waals surface area contributed by atoms with Gasteiger partial charge in [0.2, 0.25) is 0 Å². The van der Waals surface area contributed by atoms with Gasteiger partial charge < -0.3 is 10.2 Å². The third-order valence-corrected chi connectivity index (χ3v) is 4.63. The van der Waals surface area contributed by atoms with E-state index in [9.17, 15) is 0 Å². The van der Waals surface area contributed by atoms with Crippen molar-refractivity contribution in [3.8, 4) is 0 Å². The van der Waals surface area contributed by atoms with Crippen molar-refractivity contribution in [3.05, 3.63) is 26.8 Å². The first kappa shape index (κ1) is 14.4. The highest BCUT2D eigenvalue weighted by molar-refractivity contribution is 14.1. The standard InChI is InChI=1S/C14H20ClIN2/c1-9(2)14-7-17-10(3)8-18(14)13-5-4-11(15)6-12(13)16/h4-6,9-10,14,17H,7-8H2,1-3H3. The Hall–Kier alpha value is -0.0000000000000000763. The molecule has 1 fully saturated rings. The zero-order valence-corrected chi connectivity index (χ0v) is 14.0. The molecule has 0 aromatic heterocycles. The highest BCUT2D eigenvalue weighted by Gasteiger charge is 2.29. The Morgan fingerprint density at radius 3 is 2.78 bits per heavy atom. The van der Waals surface area contributed by atoms with Gasteiger partial charge in [-0.05, 0) is 53.6 Å². The molecule has 1 N–H and O–H groups in total. The second-order valence-electron chi connectivity index (χ2n) is 5.37. The van der Waals surface area contributed by atoms with Gasteiger partial charge in [-0.1, -0.05) is 25.4 Å². The third-order valence-electron chi connectivity index (χ3n) is 3.54. The minimum atomic E-state index is 0.534. The molecule has 0 bridgehead atoms. The van der Waals surface area contributed by atoms with Gasteiger partial charge in [0.15, 0.2) is 0 Å². The Morgan fingerprint density at radius 2 is 2.17 bits per heavy atom. The highest BCUT2D eigenvalue weighted by atomic mass is 127. The summed E-state index contributed by atoms with van der Waals surface area (Å²) in [5.41, 5.74) is 1.31. The van der Waals surface area contributed by atoms with E-state index in [4.69, 9.17) is 11.6 Å². The summed E-state index contributed by atoms with van der Waals surface area (Å²) in [5, 5.41) is 4.39. The summed E-state index contributed by atoms with van der Waals surface area (Å²) in [6.07, 6.45) is 0. The third kappa shape index (κ3) is 3.11. The van der Waals surface area contributed by atoms with Gasteiger partial charge in [0.25, 0.3) is 0 Å². The van der Waals surface area contributed by atoms with E-state index in [1.807, 2.05) is 12.1 Å². The number of hydrogen-bond donors (Lipinski definition) is 1. The minimum absolute atomic E-state index is 0.534. The first-order valence-corrected chi connectivity index (χ1v) is 7.89. The fourth-order valence-electron chi connectivity index (χ4n) is 2.51. The molecule has 2 unspecified atom stereocenters. The molecule has 1 aromatic rings.